The van der Waals surface area contributed by atoms with E-state index >= 15 is 0 Å². The summed E-state index contributed by atoms with van der Waals surface area (Å²) < 4.78 is 7.71. The molecule has 104 valence electrons. The number of fused-ring (bicyclic) bond motifs is 1. The molecular weight excluding hydrogens is 252 g/mol. The molecule has 1 heterocycles. The Morgan fingerprint density at radius 1 is 1.30 bits per heavy atom. The van der Waals surface area contributed by atoms with Crippen molar-refractivity contribution in [3.63, 3.8) is 0 Å². The van der Waals surface area contributed by atoms with E-state index in [2.05, 4.69) is 15.6 Å². The summed E-state index contributed by atoms with van der Waals surface area (Å²) in [5.41, 5.74) is 1.69. The van der Waals surface area contributed by atoms with E-state index in [4.69, 9.17) is 4.74 Å². The zero-order chi connectivity index (χ0) is 14.2. The van der Waals surface area contributed by atoms with Gasteiger partial charge in [-0.2, -0.15) is 4.99 Å². The molecule has 0 radical (unpaired) electrons. The normalized spacial score (nSPS) is 17.1. The molecule has 0 bridgehead atoms. The van der Waals surface area contributed by atoms with Crippen molar-refractivity contribution in [2.75, 3.05) is 7.11 Å². The van der Waals surface area contributed by atoms with Crippen molar-refractivity contribution in [3.8, 4) is 5.75 Å². The van der Waals surface area contributed by atoms with Gasteiger partial charge < -0.3 is 9.30 Å². The maximum absolute atomic E-state index is 10.9. The highest BCUT2D eigenvalue weighted by Crippen LogP contribution is 2.47. The largest absolute Gasteiger partial charge is 0.496 e. The number of rotatable bonds is 3. The molecule has 1 saturated carbocycles. The molecule has 0 unspecified atom stereocenters. The molecule has 0 aliphatic heterocycles. The summed E-state index contributed by atoms with van der Waals surface area (Å²) >= 11 is 0. The Bertz CT molecular complexity index is 690. The molecule has 1 aromatic heterocycles. The summed E-state index contributed by atoms with van der Waals surface area (Å²) in [5.74, 6) is 0.837. The first-order valence-electron chi connectivity index (χ1n) is 6.93. The number of ether oxygens (including phenoxy) is 1. The molecular formula is C16H18N2O2. The van der Waals surface area contributed by atoms with Gasteiger partial charge in [0, 0.05) is 24.2 Å². The third-order valence-electron chi connectivity index (χ3n) is 4.41. The minimum Gasteiger partial charge on any atom is -0.496 e. The van der Waals surface area contributed by atoms with E-state index in [1.54, 1.807) is 13.2 Å². The second-order valence-electron chi connectivity index (χ2n) is 5.45. The van der Waals surface area contributed by atoms with Gasteiger partial charge in [0.15, 0.2) is 0 Å². The zero-order valence-corrected chi connectivity index (χ0v) is 11.8. The minimum absolute atomic E-state index is 0.447. The molecule has 0 N–H and O–H groups in total. The summed E-state index contributed by atoms with van der Waals surface area (Å²) in [7, 11) is 3.69. The van der Waals surface area contributed by atoms with Crippen LogP contribution in [-0.4, -0.2) is 17.8 Å². The zero-order valence-electron chi connectivity index (χ0n) is 11.8. The van der Waals surface area contributed by atoms with Crippen molar-refractivity contribution >= 4 is 17.0 Å². The number of benzene rings is 1. The maximum atomic E-state index is 10.9. The van der Waals surface area contributed by atoms with Crippen LogP contribution in [0.5, 0.6) is 5.75 Å². The fraction of sp³-hybridized carbons (Fsp3) is 0.438. The fourth-order valence-electron chi connectivity index (χ4n) is 3.40. The molecule has 4 heteroatoms. The van der Waals surface area contributed by atoms with Gasteiger partial charge in [0.05, 0.1) is 12.6 Å². The number of isocyanates is 1. The standard InChI is InChI=1S/C16H18N2O2/c1-18-10-7-12-14(18)6-5-13(15(12)20-2)16(17-11-19)8-3-4-9-16/h5-7,10H,3-4,8-9H2,1-2H3. The van der Waals surface area contributed by atoms with Crippen LogP contribution in [0, 0.1) is 0 Å². The van der Waals surface area contributed by atoms with Crippen LogP contribution in [0.15, 0.2) is 29.4 Å². The summed E-state index contributed by atoms with van der Waals surface area (Å²) in [4.78, 5) is 15.0. The van der Waals surface area contributed by atoms with Gasteiger partial charge >= 0.3 is 0 Å². The van der Waals surface area contributed by atoms with E-state index in [0.717, 1.165) is 47.9 Å². The average molecular weight is 270 g/mol. The number of hydrogen-bond donors (Lipinski definition) is 0. The van der Waals surface area contributed by atoms with Crippen molar-refractivity contribution < 1.29 is 9.53 Å². The van der Waals surface area contributed by atoms with Gasteiger partial charge in [0.1, 0.15) is 11.3 Å². The van der Waals surface area contributed by atoms with Crippen LogP contribution in [0.1, 0.15) is 31.2 Å². The molecule has 1 aliphatic rings. The molecule has 2 aromatic rings. The maximum Gasteiger partial charge on any atom is 0.235 e. The smallest absolute Gasteiger partial charge is 0.235 e. The monoisotopic (exact) mass is 270 g/mol. The van der Waals surface area contributed by atoms with Crippen LogP contribution >= 0.6 is 0 Å². The predicted molar refractivity (Wildman–Crippen MR) is 77.7 cm³/mol. The van der Waals surface area contributed by atoms with E-state index in [1.165, 1.54) is 0 Å². The number of methoxy groups -OCH3 is 1. The average Bonchev–Trinajstić information content (AvgIpc) is 3.07. The molecule has 0 atom stereocenters. The van der Waals surface area contributed by atoms with Gasteiger partial charge in [0.25, 0.3) is 0 Å². The molecule has 1 aliphatic carbocycles. The van der Waals surface area contributed by atoms with Gasteiger partial charge in [-0.3, -0.25) is 0 Å². The Morgan fingerprint density at radius 2 is 2.05 bits per heavy atom. The van der Waals surface area contributed by atoms with Crippen LogP contribution in [0.2, 0.25) is 0 Å². The highest BCUT2D eigenvalue weighted by atomic mass is 16.5. The van der Waals surface area contributed by atoms with Gasteiger partial charge in [-0.05, 0) is 25.0 Å². The van der Waals surface area contributed by atoms with Crippen molar-refractivity contribution in [2.45, 2.75) is 31.2 Å². The van der Waals surface area contributed by atoms with Gasteiger partial charge in [-0.15, -0.1) is 0 Å². The van der Waals surface area contributed by atoms with Crippen LogP contribution in [-0.2, 0) is 17.4 Å². The van der Waals surface area contributed by atoms with E-state index in [9.17, 15) is 4.79 Å². The van der Waals surface area contributed by atoms with E-state index in [0.29, 0.717) is 0 Å². The molecule has 4 nitrogen and oxygen atoms in total. The first-order chi connectivity index (χ1) is 9.72. The first-order valence-corrected chi connectivity index (χ1v) is 6.93. The number of aryl methyl sites for hydroxylation is 1. The lowest BCUT2D eigenvalue weighted by Crippen LogP contribution is -2.20. The van der Waals surface area contributed by atoms with Crippen molar-refractivity contribution in [2.24, 2.45) is 12.0 Å². The fourth-order valence-corrected chi connectivity index (χ4v) is 3.40. The third kappa shape index (κ3) is 1.76. The summed E-state index contributed by atoms with van der Waals surface area (Å²) in [6.45, 7) is 0. The minimum atomic E-state index is -0.447. The van der Waals surface area contributed by atoms with Crippen molar-refractivity contribution in [3.05, 3.63) is 30.0 Å². The van der Waals surface area contributed by atoms with Gasteiger partial charge in [0.2, 0.25) is 6.08 Å². The molecule has 20 heavy (non-hydrogen) atoms. The molecule has 1 fully saturated rings. The Balaban J connectivity index is 2.27. The summed E-state index contributed by atoms with van der Waals surface area (Å²) in [6.07, 6.45) is 7.72. The number of nitrogens with zero attached hydrogens (tertiary/aromatic N) is 2. The lowest BCUT2D eigenvalue weighted by Gasteiger charge is -2.25. The lowest BCUT2D eigenvalue weighted by atomic mass is 9.87. The third-order valence-corrected chi connectivity index (χ3v) is 4.41. The highest BCUT2D eigenvalue weighted by Gasteiger charge is 2.38. The highest BCUT2D eigenvalue weighted by molar-refractivity contribution is 5.88. The topological polar surface area (TPSA) is 43.6 Å². The summed E-state index contributed by atoms with van der Waals surface area (Å²) in [6, 6.07) is 6.17. The molecule has 0 saturated heterocycles. The molecule has 0 amide bonds. The number of aliphatic imine (C=N–C) groups is 1. The SMILES string of the molecule is COc1c(C2(N=C=O)CCCC2)ccc2c1ccn2C. The van der Waals surface area contributed by atoms with E-state index < -0.39 is 5.54 Å². The number of carbonyl (C=O) groups excluding carboxylic acids is 1. The second kappa shape index (κ2) is 4.80. The first kappa shape index (κ1) is 12.9. The predicted octanol–water partition coefficient (Wildman–Crippen LogP) is 3.29. The van der Waals surface area contributed by atoms with Crippen molar-refractivity contribution in [1.29, 1.82) is 0 Å². The van der Waals surface area contributed by atoms with Crippen molar-refractivity contribution in [1.82, 2.24) is 4.57 Å². The molecule has 0 spiro atoms. The van der Waals surface area contributed by atoms with Crippen LogP contribution in [0.4, 0.5) is 0 Å². The van der Waals surface area contributed by atoms with Gasteiger partial charge in [-0.1, -0.05) is 18.9 Å². The quantitative estimate of drug-likeness (QED) is 0.634. The van der Waals surface area contributed by atoms with Gasteiger partial charge in [-0.25, -0.2) is 4.79 Å². The Morgan fingerprint density at radius 3 is 2.70 bits per heavy atom. The van der Waals surface area contributed by atoms with Crippen LogP contribution in [0.25, 0.3) is 10.9 Å². The second-order valence-corrected chi connectivity index (χ2v) is 5.45. The number of hydrogen-bond acceptors (Lipinski definition) is 3. The lowest BCUT2D eigenvalue weighted by molar-refractivity contribution is 0.383. The molecule has 1 aromatic carbocycles. The van der Waals surface area contributed by atoms with Crippen LogP contribution < -0.4 is 4.74 Å². The number of aromatic nitrogens is 1. The molecule has 3 rings (SSSR count). The van der Waals surface area contributed by atoms with E-state index in [-0.39, 0.29) is 0 Å². The Labute approximate surface area is 118 Å². The Kier molecular flexibility index (Phi) is 3.11. The Hall–Kier alpha value is -2.06. The summed E-state index contributed by atoms with van der Waals surface area (Å²) in [5, 5.41) is 1.07. The van der Waals surface area contributed by atoms with E-state index in [1.807, 2.05) is 25.4 Å². The van der Waals surface area contributed by atoms with Crippen LogP contribution in [0.3, 0.4) is 0 Å².